The molecule has 0 aliphatic heterocycles. The van der Waals surface area contributed by atoms with Gasteiger partial charge in [0, 0.05) is 12.1 Å². The number of halogens is 1. The number of benzene rings is 2. The average Bonchev–Trinajstić information content (AvgIpc) is 2.50. The maximum atomic E-state index is 13.6. The molecule has 0 aliphatic carbocycles. The van der Waals surface area contributed by atoms with Crippen LogP contribution in [-0.4, -0.2) is 16.9 Å². The van der Waals surface area contributed by atoms with Gasteiger partial charge >= 0.3 is 0 Å². The van der Waals surface area contributed by atoms with Crippen molar-refractivity contribution in [3.05, 3.63) is 64.5 Å². The van der Waals surface area contributed by atoms with Gasteiger partial charge < -0.3 is 10.1 Å². The molecule has 22 heavy (non-hydrogen) atoms. The summed E-state index contributed by atoms with van der Waals surface area (Å²) in [6.45, 7) is 1.50. The number of hydrogen-bond donors (Lipinski definition) is 1. The number of anilines is 1. The lowest BCUT2D eigenvalue weighted by Gasteiger charge is -2.14. The zero-order valence-electron chi connectivity index (χ0n) is 11.7. The van der Waals surface area contributed by atoms with Gasteiger partial charge in [0.1, 0.15) is 11.6 Å². The Morgan fingerprint density at radius 1 is 1.27 bits per heavy atom. The zero-order valence-corrected chi connectivity index (χ0v) is 11.7. The second-order valence-corrected chi connectivity index (χ2v) is 4.48. The van der Waals surface area contributed by atoms with E-state index in [1.54, 1.807) is 30.3 Å². The van der Waals surface area contributed by atoms with Crippen molar-refractivity contribution in [3.63, 3.8) is 0 Å². The van der Waals surface area contributed by atoms with Crippen molar-refractivity contribution in [2.45, 2.75) is 13.0 Å². The summed E-state index contributed by atoms with van der Waals surface area (Å²) < 4.78 is 19.0. The van der Waals surface area contributed by atoms with Crippen molar-refractivity contribution in [2.24, 2.45) is 0 Å². The predicted octanol–water partition coefficient (Wildman–Crippen LogP) is 3.14. The summed E-state index contributed by atoms with van der Waals surface area (Å²) in [4.78, 5) is 22.0. The Balaban J connectivity index is 2.08. The van der Waals surface area contributed by atoms with Crippen LogP contribution in [0.4, 0.5) is 15.8 Å². The Morgan fingerprint density at radius 3 is 2.59 bits per heavy atom. The van der Waals surface area contributed by atoms with Crippen molar-refractivity contribution in [1.29, 1.82) is 0 Å². The van der Waals surface area contributed by atoms with Gasteiger partial charge in [-0.3, -0.25) is 14.9 Å². The molecule has 1 N–H and O–H groups in total. The van der Waals surface area contributed by atoms with Crippen LogP contribution in [0.5, 0.6) is 5.75 Å². The highest BCUT2D eigenvalue weighted by atomic mass is 19.1. The van der Waals surface area contributed by atoms with Gasteiger partial charge in [-0.05, 0) is 25.1 Å². The second kappa shape index (κ2) is 6.66. The summed E-state index contributed by atoms with van der Waals surface area (Å²) in [6, 6.07) is 11.6. The number of nitro benzene ring substituents is 1. The third-order valence-corrected chi connectivity index (χ3v) is 2.84. The van der Waals surface area contributed by atoms with E-state index in [0.717, 1.165) is 18.2 Å². The van der Waals surface area contributed by atoms with E-state index in [1.807, 2.05) is 0 Å². The van der Waals surface area contributed by atoms with Crippen LogP contribution in [0, 0.1) is 15.9 Å². The molecule has 0 aromatic heterocycles. The van der Waals surface area contributed by atoms with Crippen LogP contribution in [0.15, 0.2) is 48.5 Å². The minimum absolute atomic E-state index is 0.261. The minimum atomic E-state index is -0.888. The van der Waals surface area contributed by atoms with E-state index in [2.05, 4.69) is 5.32 Å². The largest absolute Gasteiger partial charge is 0.481 e. The molecule has 0 unspecified atom stereocenters. The van der Waals surface area contributed by atoms with Crippen LogP contribution in [0.3, 0.4) is 0 Å². The van der Waals surface area contributed by atoms with E-state index in [-0.39, 0.29) is 11.4 Å². The lowest BCUT2D eigenvalue weighted by molar-refractivity contribution is -0.384. The van der Waals surface area contributed by atoms with E-state index in [9.17, 15) is 19.3 Å². The standard InChI is InChI=1S/C15H13FN2O4/c1-10(22-12-5-3-2-4-6-12)15(19)17-14-9-11(18(20)21)7-8-13(14)16/h2-10H,1H3,(H,17,19)/t10-/m1/s1. The van der Waals surface area contributed by atoms with Gasteiger partial charge in [-0.1, -0.05) is 18.2 Å². The first-order valence-electron chi connectivity index (χ1n) is 6.44. The summed E-state index contributed by atoms with van der Waals surface area (Å²) in [6.07, 6.45) is -0.888. The van der Waals surface area contributed by atoms with E-state index in [0.29, 0.717) is 5.75 Å². The maximum Gasteiger partial charge on any atom is 0.271 e. The topological polar surface area (TPSA) is 81.5 Å². The number of para-hydroxylation sites is 1. The van der Waals surface area contributed by atoms with Gasteiger partial charge in [0.05, 0.1) is 10.6 Å². The fraction of sp³-hybridized carbons (Fsp3) is 0.133. The number of carbonyl (C=O) groups excluding carboxylic acids is 1. The van der Waals surface area contributed by atoms with E-state index in [4.69, 9.17) is 4.74 Å². The van der Waals surface area contributed by atoms with E-state index >= 15 is 0 Å². The quantitative estimate of drug-likeness (QED) is 0.679. The molecule has 2 aromatic carbocycles. The lowest BCUT2D eigenvalue weighted by Crippen LogP contribution is -2.30. The Morgan fingerprint density at radius 2 is 1.95 bits per heavy atom. The molecule has 114 valence electrons. The number of nitrogens with one attached hydrogen (secondary N) is 1. The molecule has 0 bridgehead atoms. The van der Waals surface area contributed by atoms with Gasteiger partial charge in [0.15, 0.2) is 6.10 Å². The molecule has 2 rings (SSSR count). The number of nitro groups is 1. The predicted molar refractivity (Wildman–Crippen MR) is 78.2 cm³/mol. The smallest absolute Gasteiger partial charge is 0.271 e. The molecule has 0 fully saturated rings. The van der Waals surface area contributed by atoms with Gasteiger partial charge in [-0.15, -0.1) is 0 Å². The first-order valence-corrected chi connectivity index (χ1v) is 6.44. The number of ether oxygens (including phenoxy) is 1. The van der Waals surface area contributed by atoms with Crippen molar-refractivity contribution in [3.8, 4) is 5.75 Å². The van der Waals surface area contributed by atoms with Crippen LogP contribution in [-0.2, 0) is 4.79 Å². The highest BCUT2D eigenvalue weighted by Crippen LogP contribution is 2.21. The molecule has 0 radical (unpaired) electrons. The summed E-state index contributed by atoms with van der Waals surface area (Å²) in [5, 5.41) is 13.0. The summed E-state index contributed by atoms with van der Waals surface area (Å²) in [7, 11) is 0. The summed E-state index contributed by atoms with van der Waals surface area (Å²) in [5.74, 6) is -0.876. The van der Waals surface area contributed by atoms with Crippen LogP contribution >= 0.6 is 0 Å². The van der Waals surface area contributed by atoms with E-state index < -0.39 is 22.8 Å². The monoisotopic (exact) mass is 304 g/mol. The second-order valence-electron chi connectivity index (χ2n) is 4.48. The Kier molecular flexibility index (Phi) is 4.67. The molecular weight excluding hydrogens is 291 g/mol. The fourth-order valence-corrected chi connectivity index (χ4v) is 1.71. The molecule has 1 atom stereocenters. The van der Waals surface area contributed by atoms with Crippen molar-refractivity contribution in [1.82, 2.24) is 0 Å². The number of rotatable bonds is 5. The SMILES string of the molecule is C[C@@H](Oc1ccccc1)C(=O)Nc1cc([N+](=O)[O-])ccc1F. The normalized spacial score (nSPS) is 11.5. The number of carbonyl (C=O) groups is 1. The highest BCUT2D eigenvalue weighted by Gasteiger charge is 2.18. The number of amides is 1. The van der Waals surface area contributed by atoms with Crippen molar-refractivity contribution >= 4 is 17.3 Å². The molecule has 6 nitrogen and oxygen atoms in total. The molecule has 0 aliphatic rings. The first-order chi connectivity index (χ1) is 10.5. The zero-order chi connectivity index (χ0) is 16.1. The van der Waals surface area contributed by atoms with Crippen molar-refractivity contribution in [2.75, 3.05) is 5.32 Å². The summed E-state index contributed by atoms with van der Waals surface area (Å²) in [5.41, 5.74) is -0.573. The van der Waals surface area contributed by atoms with Crippen LogP contribution in [0.2, 0.25) is 0 Å². The molecule has 0 saturated heterocycles. The maximum absolute atomic E-state index is 13.6. The van der Waals surface area contributed by atoms with Gasteiger partial charge in [0.25, 0.3) is 11.6 Å². The average molecular weight is 304 g/mol. The molecule has 0 heterocycles. The molecule has 0 spiro atoms. The van der Waals surface area contributed by atoms with Crippen LogP contribution in [0.25, 0.3) is 0 Å². The van der Waals surface area contributed by atoms with Crippen LogP contribution < -0.4 is 10.1 Å². The fourth-order valence-electron chi connectivity index (χ4n) is 1.71. The molecule has 1 amide bonds. The van der Waals surface area contributed by atoms with Gasteiger partial charge in [-0.2, -0.15) is 0 Å². The Hall–Kier alpha value is -2.96. The highest BCUT2D eigenvalue weighted by molar-refractivity contribution is 5.94. The summed E-state index contributed by atoms with van der Waals surface area (Å²) >= 11 is 0. The van der Waals surface area contributed by atoms with Crippen molar-refractivity contribution < 1.29 is 18.8 Å². The number of nitrogens with zero attached hydrogens (tertiary/aromatic N) is 1. The van der Waals surface area contributed by atoms with Crippen LogP contribution in [0.1, 0.15) is 6.92 Å². The third kappa shape index (κ3) is 3.78. The molecular formula is C15H13FN2O4. The molecule has 0 saturated carbocycles. The van der Waals surface area contributed by atoms with Gasteiger partial charge in [0.2, 0.25) is 0 Å². The third-order valence-electron chi connectivity index (χ3n) is 2.84. The molecule has 2 aromatic rings. The number of non-ortho nitro benzene ring substituents is 1. The Labute approximate surface area is 125 Å². The minimum Gasteiger partial charge on any atom is -0.481 e. The Bertz CT molecular complexity index is 691. The lowest BCUT2D eigenvalue weighted by atomic mass is 10.2. The molecule has 7 heteroatoms. The van der Waals surface area contributed by atoms with Gasteiger partial charge in [-0.25, -0.2) is 4.39 Å². The number of hydrogen-bond acceptors (Lipinski definition) is 4. The first kappa shape index (κ1) is 15.4. The van der Waals surface area contributed by atoms with E-state index in [1.165, 1.54) is 6.92 Å².